The Hall–Kier alpha value is -3.05. The van der Waals surface area contributed by atoms with Gasteiger partial charge in [0, 0.05) is 53.4 Å². The highest BCUT2D eigenvalue weighted by molar-refractivity contribution is 9.10. The standard InChI is InChI=1S/C11H9BrN2.C10H8N2/c1-8-9(4-3-7-13-8)10-5-2-6-11(12)14-10;1-3-9(7-11-5-1)10-4-2-6-12-8-10/h2-7,13H,1H2;1-8H. The fraction of sp³-hybridized carbons (Fsp3) is 0. The number of dihydropyridines is 1. The second kappa shape index (κ2) is 8.87. The average molecular weight is 405 g/mol. The third-order valence-corrected chi connectivity index (χ3v) is 4.03. The van der Waals surface area contributed by atoms with Crippen LogP contribution in [-0.2, 0) is 0 Å². The van der Waals surface area contributed by atoms with E-state index in [1.54, 1.807) is 12.4 Å². The molecule has 1 aliphatic rings. The van der Waals surface area contributed by atoms with E-state index in [4.69, 9.17) is 0 Å². The van der Waals surface area contributed by atoms with Crippen LogP contribution < -0.4 is 5.32 Å². The van der Waals surface area contributed by atoms with Gasteiger partial charge in [0.1, 0.15) is 4.60 Å². The molecule has 0 atom stereocenters. The second-order valence-corrected chi connectivity index (χ2v) is 6.20. The molecule has 4 nitrogen and oxygen atoms in total. The summed E-state index contributed by atoms with van der Waals surface area (Å²) in [4.78, 5) is 12.4. The van der Waals surface area contributed by atoms with Gasteiger partial charge >= 0.3 is 0 Å². The predicted molar refractivity (Wildman–Crippen MR) is 109 cm³/mol. The number of rotatable bonds is 2. The molecule has 0 aliphatic carbocycles. The lowest BCUT2D eigenvalue weighted by Gasteiger charge is -2.13. The molecule has 0 saturated carbocycles. The Balaban J connectivity index is 0.000000152. The highest BCUT2D eigenvalue weighted by Gasteiger charge is 2.08. The van der Waals surface area contributed by atoms with Crippen LogP contribution >= 0.6 is 15.9 Å². The van der Waals surface area contributed by atoms with E-state index in [2.05, 4.69) is 42.8 Å². The first-order valence-corrected chi connectivity index (χ1v) is 8.79. The van der Waals surface area contributed by atoms with Crippen molar-refractivity contribution < 1.29 is 0 Å². The van der Waals surface area contributed by atoms with Gasteiger partial charge in [-0.1, -0.05) is 24.8 Å². The molecule has 3 aromatic heterocycles. The van der Waals surface area contributed by atoms with Gasteiger partial charge in [-0.3, -0.25) is 9.97 Å². The summed E-state index contributed by atoms with van der Waals surface area (Å²) < 4.78 is 0.832. The Morgan fingerprint density at radius 1 is 0.885 bits per heavy atom. The normalized spacial score (nSPS) is 12.5. The van der Waals surface area contributed by atoms with E-state index in [1.165, 1.54) is 0 Å². The number of nitrogens with zero attached hydrogens (tertiary/aromatic N) is 3. The number of nitrogens with one attached hydrogen (secondary N) is 1. The Morgan fingerprint density at radius 3 is 2.12 bits per heavy atom. The van der Waals surface area contributed by atoms with Crippen LogP contribution in [0.3, 0.4) is 0 Å². The molecule has 1 aliphatic heterocycles. The van der Waals surface area contributed by atoms with Crippen molar-refractivity contribution in [2.45, 2.75) is 0 Å². The number of pyridine rings is 3. The van der Waals surface area contributed by atoms with Crippen LogP contribution in [0.25, 0.3) is 16.7 Å². The van der Waals surface area contributed by atoms with Gasteiger partial charge in [0.15, 0.2) is 0 Å². The first-order valence-electron chi connectivity index (χ1n) is 8.00. The molecule has 26 heavy (non-hydrogen) atoms. The number of allylic oxidation sites excluding steroid dienone is 3. The van der Waals surface area contributed by atoms with Crippen LogP contribution in [-0.4, -0.2) is 15.0 Å². The predicted octanol–water partition coefficient (Wildman–Crippen LogP) is 5.00. The molecule has 0 aromatic carbocycles. The third-order valence-electron chi connectivity index (χ3n) is 3.59. The van der Waals surface area contributed by atoms with E-state index < -0.39 is 0 Å². The van der Waals surface area contributed by atoms with Crippen LogP contribution in [0.5, 0.6) is 0 Å². The van der Waals surface area contributed by atoms with Gasteiger partial charge in [0.25, 0.3) is 0 Å². The topological polar surface area (TPSA) is 50.7 Å². The molecule has 4 heterocycles. The zero-order valence-electron chi connectivity index (χ0n) is 14.0. The van der Waals surface area contributed by atoms with Crippen molar-refractivity contribution in [1.29, 1.82) is 0 Å². The maximum Gasteiger partial charge on any atom is 0.106 e. The fourth-order valence-electron chi connectivity index (χ4n) is 2.34. The van der Waals surface area contributed by atoms with Gasteiger partial charge in [0.2, 0.25) is 0 Å². The van der Waals surface area contributed by atoms with Gasteiger partial charge in [-0.25, -0.2) is 4.98 Å². The maximum atomic E-state index is 4.36. The number of aromatic nitrogens is 3. The van der Waals surface area contributed by atoms with Gasteiger partial charge < -0.3 is 5.32 Å². The molecule has 1 N–H and O–H groups in total. The number of hydrogen-bond acceptors (Lipinski definition) is 4. The summed E-state index contributed by atoms with van der Waals surface area (Å²) in [5.74, 6) is 0. The van der Waals surface area contributed by atoms with Gasteiger partial charge in [-0.2, -0.15) is 0 Å². The number of halogens is 1. The first-order chi connectivity index (χ1) is 12.7. The van der Waals surface area contributed by atoms with Crippen LogP contribution in [0, 0.1) is 0 Å². The van der Waals surface area contributed by atoms with Crippen LogP contribution in [0.2, 0.25) is 0 Å². The molecular formula is C21H17BrN4. The fourth-order valence-corrected chi connectivity index (χ4v) is 2.68. The monoisotopic (exact) mass is 404 g/mol. The minimum Gasteiger partial charge on any atom is -0.362 e. The van der Waals surface area contributed by atoms with Crippen molar-refractivity contribution >= 4 is 21.5 Å². The Labute approximate surface area is 161 Å². The van der Waals surface area contributed by atoms with Crippen LogP contribution in [0.15, 0.2) is 102 Å². The van der Waals surface area contributed by atoms with E-state index in [0.717, 1.165) is 32.7 Å². The molecule has 0 fully saturated rings. The lowest BCUT2D eigenvalue weighted by molar-refractivity contribution is 1.10. The summed E-state index contributed by atoms with van der Waals surface area (Å²) in [7, 11) is 0. The van der Waals surface area contributed by atoms with E-state index in [0.29, 0.717) is 0 Å². The summed E-state index contributed by atoms with van der Waals surface area (Å²) >= 11 is 3.34. The van der Waals surface area contributed by atoms with E-state index in [1.807, 2.05) is 73.2 Å². The Bertz CT molecular complexity index is 897. The van der Waals surface area contributed by atoms with E-state index >= 15 is 0 Å². The smallest absolute Gasteiger partial charge is 0.106 e. The van der Waals surface area contributed by atoms with E-state index in [9.17, 15) is 0 Å². The van der Waals surface area contributed by atoms with Gasteiger partial charge in [0.05, 0.1) is 5.69 Å². The van der Waals surface area contributed by atoms with Crippen LogP contribution in [0.4, 0.5) is 0 Å². The second-order valence-electron chi connectivity index (χ2n) is 5.39. The van der Waals surface area contributed by atoms with Gasteiger partial charge in [-0.15, -0.1) is 0 Å². The summed E-state index contributed by atoms with van der Waals surface area (Å²) in [5.41, 5.74) is 5.02. The summed E-state index contributed by atoms with van der Waals surface area (Å²) in [6, 6.07) is 13.7. The van der Waals surface area contributed by atoms with Crippen molar-refractivity contribution in [3.05, 3.63) is 108 Å². The largest absolute Gasteiger partial charge is 0.362 e. The molecule has 0 bridgehead atoms. The average Bonchev–Trinajstić information content (AvgIpc) is 2.70. The molecule has 0 amide bonds. The molecule has 4 rings (SSSR count). The van der Waals surface area contributed by atoms with Crippen molar-refractivity contribution in [3.63, 3.8) is 0 Å². The Morgan fingerprint density at radius 2 is 1.58 bits per heavy atom. The lowest BCUT2D eigenvalue weighted by atomic mass is 10.1. The molecule has 5 heteroatoms. The highest BCUT2D eigenvalue weighted by atomic mass is 79.9. The van der Waals surface area contributed by atoms with Crippen molar-refractivity contribution in [2.24, 2.45) is 0 Å². The van der Waals surface area contributed by atoms with Crippen molar-refractivity contribution in [1.82, 2.24) is 20.3 Å². The molecule has 0 radical (unpaired) electrons. The Kier molecular flexibility index (Phi) is 6.06. The summed E-state index contributed by atoms with van der Waals surface area (Å²) in [6.45, 7) is 3.92. The molecule has 0 spiro atoms. The maximum absolute atomic E-state index is 4.36. The minimum atomic E-state index is 0.832. The molecule has 3 aromatic rings. The van der Waals surface area contributed by atoms with Gasteiger partial charge in [-0.05, 0) is 52.3 Å². The summed E-state index contributed by atoms with van der Waals surface area (Å²) in [5, 5.41) is 3.05. The SMILES string of the molecule is C=C1NC=CC=C1c1cccc(Br)n1.c1cncc(-c2cccnc2)c1. The minimum absolute atomic E-state index is 0.832. The van der Waals surface area contributed by atoms with Crippen molar-refractivity contribution in [2.75, 3.05) is 0 Å². The summed E-state index contributed by atoms with van der Waals surface area (Å²) in [6.07, 6.45) is 13.0. The molecular weight excluding hydrogens is 388 g/mol. The molecule has 128 valence electrons. The quantitative estimate of drug-likeness (QED) is 0.610. The van der Waals surface area contributed by atoms with E-state index in [-0.39, 0.29) is 0 Å². The lowest BCUT2D eigenvalue weighted by Crippen LogP contribution is -2.09. The molecule has 0 unspecified atom stereocenters. The number of hydrogen-bond donors (Lipinski definition) is 1. The molecule has 0 saturated heterocycles. The first kappa shape index (κ1) is 17.8. The highest BCUT2D eigenvalue weighted by Crippen LogP contribution is 2.22. The van der Waals surface area contributed by atoms with Crippen molar-refractivity contribution in [3.8, 4) is 11.1 Å². The zero-order valence-corrected chi connectivity index (χ0v) is 15.6. The third kappa shape index (κ3) is 4.74. The van der Waals surface area contributed by atoms with Crippen LogP contribution in [0.1, 0.15) is 5.69 Å². The zero-order chi connectivity index (χ0) is 18.2.